The minimum atomic E-state index is 0.157. The van der Waals surface area contributed by atoms with Crippen molar-refractivity contribution in [2.45, 2.75) is 156 Å². The molecule has 0 spiro atoms. The monoisotopic (exact) mass is 565 g/mol. The van der Waals surface area contributed by atoms with Gasteiger partial charge in [-0.2, -0.15) is 0 Å². The lowest BCUT2D eigenvalue weighted by molar-refractivity contribution is 0.319. The van der Waals surface area contributed by atoms with Gasteiger partial charge in [-0.15, -0.1) is 0 Å². The van der Waals surface area contributed by atoms with Crippen LogP contribution < -0.4 is 0 Å². The highest BCUT2D eigenvalue weighted by Crippen LogP contribution is 2.34. The number of benzene rings is 2. The Bertz CT molecular complexity index is 963. The van der Waals surface area contributed by atoms with Gasteiger partial charge < -0.3 is 15.4 Å². The first kappa shape index (κ1) is 34.7. The quantitative estimate of drug-likeness (QED) is 0.0575. The standard InChI is InChI=1S/C37H59NO3/c1-5-7-9-11-13-15-17-19-21-23-31-25-29(3)27-33(36(31)39)35(38-41)34-28-30(4)26-32(37(34)40)24-22-20-18-16-14-12-10-8-6-2/h25-28,39-41H,5-24H2,1-4H3. The zero-order chi connectivity index (χ0) is 29.9. The maximum absolute atomic E-state index is 11.2. The van der Waals surface area contributed by atoms with E-state index in [2.05, 4.69) is 19.0 Å². The molecule has 0 fully saturated rings. The smallest absolute Gasteiger partial charge is 0.128 e. The molecule has 0 radical (unpaired) electrons. The van der Waals surface area contributed by atoms with Crippen molar-refractivity contribution in [3.05, 3.63) is 57.6 Å². The Balaban J connectivity index is 2.01. The van der Waals surface area contributed by atoms with Crippen LogP contribution in [0.1, 0.15) is 163 Å². The highest BCUT2D eigenvalue weighted by molar-refractivity contribution is 6.16. The SMILES string of the molecule is CCCCCCCCCCCc1cc(C)cc(C(=NO)c2cc(C)cc(CCCCCCCCCCC)c2O)c1O. The topological polar surface area (TPSA) is 73.1 Å². The summed E-state index contributed by atoms with van der Waals surface area (Å²) in [6.07, 6.45) is 24.2. The summed E-state index contributed by atoms with van der Waals surface area (Å²) in [4.78, 5) is 0. The number of hydrogen-bond acceptors (Lipinski definition) is 4. The molecule has 230 valence electrons. The average molecular weight is 566 g/mol. The van der Waals surface area contributed by atoms with Crippen molar-refractivity contribution in [2.75, 3.05) is 0 Å². The molecular weight excluding hydrogens is 506 g/mol. The first-order chi connectivity index (χ1) is 19.9. The second-order valence-electron chi connectivity index (χ2n) is 12.2. The Morgan fingerprint density at radius 1 is 0.512 bits per heavy atom. The van der Waals surface area contributed by atoms with Gasteiger partial charge in [-0.25, -0.2) is 0 Å². The third kappa shape index (κ3) is 12.5. The maximum Gasteiger partial charge on any atom is 0.128 e. The summed E-state index contributed by atoms with van der Waals surface area (Å²) in [5.41, 5.74) is 4.96. The van der Waals surface area contributed by atoms with Crippen molar-refractivity contribution >= 4 is 5.71 Å². The molecule has 0 amide bonds. The zero-order valence-electron chi connectivity index (χ0n) is 26.7. The molecule has 0 unspecified atom stereocenters. The van der Waals surface area contributed by atoms with E-state index in [0.717, 1.165) is 60.8 Å². The van der Waals surface area contributed by atoms with E-state index in [0.29, 0.717) is 11.1 Å². The molecule has 2 aromatic carbocycles. The van der Waals surface area contributed by atoms with Gasteiger partial charge in [0.2, 0.25) is 0 Å². The number of phenols is 2. The second kappa shape index (κ2) is 20.4. The van der Waals surface area contributed by atoms with Crippen molar-refractivity contribution in [2.24, 2.45) is 5.16 Å². The normalized spacial score (nSPS) is 11.2. The summed E-state index contributed by atoms with van der Waals surface area (Å²) < 4.78 is 0. The van der Waals surface area contributed by atoms with E-state index in [1.165, 1.54) is 89.9 Å². The molecule has 0 saturated heterocycles. The zero-order valence-corrected chi connectivity index (χ0v) is 26.7. The molecule has 0 atom stereocenters. The van der Waals surface area contributed by atoms with Crippen molar-refractivity contribution in [3.63, 3.8) is 0 Å². The number of oxime groups is 1. The predicted octanol–water partition coefficient (Wildman–Crippen LogP) is 11.1. The van der Waals surface area contributed by atoms with Gasteiger partial charge in [0.25, 0.3) is 0 Å². The lowest BCUT2D eigenvalue weighted by atomic mass is 9.91. The predicted molar refractivity (Wildman–Crippen MR) is 175 cm³/mol. The van der Waals surface area contributed by atoms with E-state index in [9.17, 15) is 15.4 Å². The number of aromatic hydroxyl groups is 2. The van der Waals surface area contributed by atoms with Gasteiger partial charge in [0.15, 0.2) is 0 Å². The Kier molecular flexibility index (Phi) is 17.3. The van der Waals surface area contributed by atoms with Crippen LogP contribution in [0.25, 0.3) is 0 Å². The molecule has 4 nitrogen and oxygen atoms in total. The lowest BCUT2D eigenvalue weighted by Crippen LogP contribution is -2.08. The highest BCUT2D eigenvalue weighted by Gasteiger charge is 2.21. The molecule has 0 aliphatic heterocycles. The molecule has 0 saturated carbocycles. The Labute approximate surface area is 251 Å². The third-order valence-corrected chi connectivity index (χ3v) is 8.38. The van der Waals surface area contributed by atoms with Crippen molar-refractivity contribution in [1.82, 2.24) is 0 Å². The molecule has 41 heavy (non-hydrogen) atoms. The first-order valence-electron chi connectivity index (χ1n) is 16.8. The Hall–Kier alpha value is -2.49. The maximum atomic E-state index is 11.2. The summed E-state index contributed by atoms with van der Waals surface area (Å²) in [5.74, 6) is 0.314. The van der Waals surface area contributed by atoms with Gasteiger partial charge in [-0.1, -0.05) is 134 Å². The summed E-state index contributed by atoms with van der Waals surface area (Å²) in [7, 11) is 0. The molecule has 0 aliphatic carbocycles. The Morgan fingerprint density at radius 3 is 1.15 bits per heavy atom. The number of aryl methyl sites for hydroxylation is 4. The van der Waals surface area contributed by atoms with E-state index < -0.39 is 0 Å². The van der Waals surface area contributed by atoms with Crippen LogP contribution in [-0.2, 0) is 12.8 Å². The molecule has 2 rings (SSSR count). The van der Waals surface area contributed by atoms with Crippen LogP contribution in [0.15, 0.2) is 29.4 Å². The van der Waals surface area contributed by atoms with Gasteiger partial charge in [-0.05, 0) is 73.9 Å². The van der Waals surface area contributed by atoms with E-state index in [1.807, 2.05) is 38.1 Å². The van der Waals surface area contributed by atoms with E-state index >= 15 is 0 Å². The second-order valence-corrected chi connectivity index (χ2v) is 12.2. The highest BCUT2D eigenvalue weighted by atomic mass is 16.4. The summed E-state index contributed by atoms with van der Waals surface area (Å²) >= 11 is 0. The van der Waals surface area contributed by atoms with Crippen LogP contribution in [-0.4, -0.2) is 21.1 Å². The first-order valence-corrected chi connectivity index (χ1v) is 16.8. The summed E-state index contributed by atoms with van der Waals surface area (Å²) in [5, 5.41) is 36.2. The molecule has 3 N–H and O–H groups in total. The van der Waals surface area contributed by atoms with Crippen LogP contribution in [0.3, 0.4) is 0 Å². The molecule has 4 heteroatoms. The number of hydrogen-bond donors (Lipinski definition) is 3. The molecular formula is C37H59NO3. The Morgan fingerprint density at radius 2 is 0.829 bits per heavy atom. The minimum absolute atomic E-state index is 0.157. The average Bonchev–Trinajstić information content (AvgIpc) is 2.95. The van der Waals surface area contributed by atoms with Gasteiger partial charge in [0.1, 0.15) is 17.2 Å². The fraction of sp³-hybridized carbons (Fsp3) is 0.649. The summed E-state index contributed by atoms with van der Waals surface area (Å²) in [6, 6.07) is 7.77. The van der Waals surface area contributed by atoms with Crippen LogP contribution in [0.5, 0.6) is 11.5 Å². The molecule has 0 aliphatic rings. The fourth-order valence-electron chi connectivity index (χ4n) is 5.95. The summed E-state index contributed by atoms with van der Waals surface area (Å²) in [6.45, 7) is 8.51. The van der Waals surface area contributed by atoms with Gasteiger partial charge in [-0.3, -0.25) is 0 Å². The third-order valence-electron chi connectivity index (χ3n) is 8.38. The van der Waals surface area contributed by atoms with Crippen molar-refractivity contribution in [3.8, 4) is 11.5 Å². The van der Waals surface area contributed by atoms with Crippen LogP contribution in [0, 0.1) is 13.8 Å². The largest absolute Gasteiger partial charge is 0.507 e. The van der Waals surface area contributed by atoms with Gasteiger partial charge in [0, 0.05) is 11.1 Å². The van der Waals surface area contributed by atoms with Gasteiger partial charge >= 0.3 is 0 Å². The number of rotatable bonds is 22. The number of nitrogens with zero attached hydrogens (tertiary/aromatic N) is 1. The van der Waals surface area contributed by atoms with Gasteiger partial charge in [0.05, 0.1) is 0 Å². The van der Waals surface area contributed by atoms with Crippen LogP contribution >= 0.6 is 0 Å². The molecule has 2 aromatic rings. The van der Waals surface area contributed by atoms with E-state index in [-0.39, 0.29) is 17.2 Å². The lowest BCUT2D eigenvalue weighted by Gasteiger charge is -2.16. The van der Waals surface area contributed by atoms with E-state index in [1.54, 1.807) is 0 Å². The van der Waals surface area contributed by atoms with Crippen molar-refractivity contribution < 1.29 is 15.4 Å². The molecule has 0 heterocycles. The molecule has 0 aromatic heterocycles. The fourth-order valence-corrected chi connectivity index (χ4v) is 5.95. The van der Waals surface area contributed by atoms with Crippen LogP contribution in [0.2, 0.25) is 0 Å². The van der Waals surface area contributed by atoms with E-state index in [4.69, 9.17) is 0 Å². The van der Waals surface area contributed by atoms with Crippen molar-refractivity contribution in [1.29, 1.82) is 0 Å². The van der Waals surface area contributed by atoms with Crippen LogP contribution in [0.4, 0.5) is 0 Å². The number of phenolic OH excluding ortho intramolecular Hbond substituents is 2. The minimum Gasteiger partial charge on any atom is -0.507 e. The number of unbranched alkanes of at least 4 members (excludes halogenated alkanes) is 16. The molecule has 0 bridgehead atoms.